The van der Waals surface area contributed by atoms with Crippen LogP contribution in [0.5, 0.6) is 5.88 Å². The first-order chi connectivity index (χ1) is 10.0. The predicted octanol–water partition coefficient (Wildman–Crippen LogP) is 3.15. The lowest BCUT2D eigenvalue weighted by atomic mass is 10.2. The number of methoxy groups -OCH3 is 1. The Morgan fingerprint density at radius 2 is 2.19 bits per heavy atom. The number of ether oxygens (including phenoxy) is 1. The maximum atomic E-state index is 13.2. The van der Waals surface area contributed by atoms with Gasteiger partial charge in [0.1, 0.15) is 11.4 Å². The van der Waals surface area contributed by atoms with Gasteiger partial charge in [0.25, 0.3) is 5.91 Å². The first-order valence-electron chi connectivity index (χ1n) is 6.20. The van der Waals surface area contributed by atoms with Gasteiger partial charge in [-0.3, -0.25) is 4.79 Å². The van der Waals surface area contributed by atoms with Crippen LogP contribution in [0, 0.1) is 5.82 Å². The number of benzene rings is 1. The SMILES string of the molecule is COc1ncc(Cl)cc1C(=O)N(C)Cc1cccc(F)c1. The molecule has 0 N–H and O–H groups in total. The molecule has 4 nitrogen and oxygen atoms in total. The highest BCUT2D eigenvalue weighted by atomic mass is 35.5. The van der Waals surface area contributed by atoms with Gasteiger partial charge in [0.2, 0.25) is 5.88 Å². The molecule has 1 heterocycles. The molecule has 0 spiro atoms. The number of carbonyl (C=O) groups excluding carboxylic acids is 1. The molecule has 1 amide bonds. The molecule has 1 aromatic carbocycles. The van der Waals surface area contributed by atoms with Crippen LogP contribution in [0.3, 0.4) is 0 Å². The lowest BCUT2D eigenvalue weighted by Gasteiger charge is -2.18. The van der Waals surface area contributed by atoms with Crippen molar-refractivity contribution in [2.45, 2.75) is 6.54 Å². The first-order valence-corrected chi connectivity index (χ1v) is 6.58. The Hall–Kier alpha value is -2.14. The molecular weight excluding hydrogens is 295 g/mol. The number of carbonyl (C=O) groups is 1. The maximum absolute atomic E-state index is 13.2. The summed E-state index contributed by atoms with van der Waals surface area (Å²) in [6, 6.07) is 7.59. The summed E-state index contributed by atoms with van der Waals surface area (Å²) in [6.45, 7) is 0.270. The number of aromatic nitrogens is 1. The molecule has 0 aliphatic rings. The third-order valence-electron chi connectivity index (χ3n) is 2.90. The smallest absolute Gasteiger partial charge is 0.259 e. The average molecular weight is 309 g/mol. The van der Waals surface area contributed by atoms with E-state index in [2.05, 4.69) is 4.98 Å². The molecule has 1 aromatic heterocycles. The van der Waals surface area contributed by atoms with Crippen LogP contribution in [0.2, 0.25) is 5.02 Å². The minimum atomic E-state index is -0.338. The van der Waals surface area contributed by atoms with Gasteiger partial charge in [0.05, 0.1) is 12.1 Å². The lowest BCUT2D eigenvalue weighted by Crippen LogP contribution is -2.26. The summed E-state index contributed by atoms with van der Waals surface area (Å²) in [5.74, 6) is -0.433. The summed E-state index contributed by atoms with van der Waals surface area (Å²) in [5, 5.41) is 0.346. The number of hydrogen-bond donors (Lipinski definition) is 0. The van der Waals surface area contributed by atoms with Crippen LogP contribution in [0.4, 0.5) is 4.39 Å². The van der Waals surface area contributed by atoms with Crippen LogP contribution in [0.15, 0.2) is 36.5 Å². The second-order valence-electron chi connectivity index (χ2n) is 4.50. The van der Waals surface area contributed by atoms with Gasteiger partial charge in [-0.25, -0.2) is 9.37 Å². The standard InChI is InChI=1S/C15H14ClFN2O2/c1-19(9-10-4-3-5-12(17)6-10)15(20)13-7-11(16)8-18-14(13)21-2/h3-8H,9H2,1-2H3. The molecule has 0 fully saturated rings. The molecule has 0 aliphatic heterocycles. The monoisotopic (exact) mass is 308 g/mol. The third kappa shape index (κ3) is 3.70. The zero-order valence-electron chi connectivity index (χ0n) is 11.6. The minimum Gasteiger partial charge on any atom is -0.480 e. The Labute approximate surface area is 127 Å². The average Bonchev–Trinajstić information content (AvgIpc) is 2.46. The third-order valence-corrected chi connectivity index (χ3v) is 3.10. The second kappa shape index (κ2) is 6.54. The fourth-order valence-electron chi connectivity index (χ4n) is 1.93. The molecule has 0 saturated carbocycles. The van der Waals surface area contributed by atoms with Crippen molar-refractivity contribution in [3.63, 3.8) is 0 Å². The molecule has 2 rings (SSSR count). The van der Waals surface area contributed by atoms with Gasteiger partial charge in [-0.05, 0) is 23.8 Å². The van der Waals surface area contributed by atoms with Crippen molar-refractivity contribution < 1.29 is 13.9 Å². The molecule has 0 radical (unpaired) electrons. The van der Waals surface area contributed by atoms with E-state index in [9.17, 15) is 9.18 Å². The number of amides is 1. The van der Waals surface area contributed by atoms with Crippen molar-refractivity contribution >= 4 is 17.5 Å². The first kappa shape index (κ1) is 15.3. The molecule has 0 saturated heterocycles. The van der Waals surface area contributed by atoms with Gasteiger partial charge in [0.15, 0.2) is 0 Å². The van der Waals surface area contributed by atoms with Gasteiger partial charge in [0, 0.05) is 19.8 Å². The van der Waals surface area contributed by atoms with E-state index < -0.39 is 0 Å². The van der Waals surface area contributed by atoms with E-state index in [-0.39, 0.29) is 29.7 Å². The van der Waals surface area contributed by atoms with Gasteiger partial charge in [-0.15, -0.1) is 0 Å². The lowest BCUT2D eigenvalue weighted by molar-refractivity contribution is 0.0780. The van der Waals surface area contributed by atoms with E-state index in [0.717, 1.165) is 0 Å². The molecule has 110 valence electrons. The topological polar surface area (TPSA) is 42.4 Å². The van der Waals surface area contributed by atoms with Crippen LogP contribution in [0.1, 0.15) is 15.9 Å². The van der Waals surface area contributed by atoms with Gasteiger partial charge >= 0.3 is 0 Å². The Kier molecular flexibility index (Phi) is 4.75. The van der Waals surface area contributed by atoms with Crippen LogP contribution in [-0.2, 0) is 6.54 Å². The molecule has 0 atom stereocenters. The van der Waals surface area contributed by atoms with Crippen molar-refractivity contribution in [3.05, 3.63) is 58.5 Å². The molecule has 0 bridgehead atoms. The Balaban J connectivity index is 2.21. The van der Waals surface area contributed by atoms with E-state index in [4.69, 9.17) is 16.3 Å². The van der Waals surface area contributed by atoms with E-state index >= 15 is 0 Å². The summed E-state index contributed by atoms with van der Waals surface area (Å²) in [6.07, 6.45) is 1.41. The summed E-state index contributed by atoms with van der Waals surface area (Å²) < 4.78 is 18.2. The molecule has 0 aliphatic carbocycles. The Morgan fingerprint density at radius 1 is 1.43 bits per heavy atom. The quantitative estimate of drug-likeness (QED) is 0.871. The molecule has 21 heavy (non-hydrogen) atoms. The van der Waals surface area contributed by atoms with E-state index in [0.29, 0.717) is 10.6 Å². The number of pyridine rings is 1. The fourth-order valence-corrected chi connectivity index (χ4v) is 2.09. The highest BCUT2D eigenvalue weighted by Gasteiger charge is 2.18. The predicted molar refractivity (Wildman–Crippen MR) is 78.0 cm³/mol. The summed E-state index contributed by atoms with van der Waals surface area (Å²) in [4.78, 5) is 17.8. The van der Waals surface area contributed by atoms with Gasteiger partial charge in [-0.1, -0.05) is 23.7 Å². The van der Waals surface area contributed by atoms with Crippen molar-refractivity contribution in [1.29, 1.82) is 0 Å². The number of nitrogens with zero attached hydrogens (tertiary/aromatic N) is 2. The molecular formula is C15H14ClFN2O2. The van der Waals surface area contributed by atoms with Crippen molar-refractivity contribution in [1.82, 2.24) is 9.88 Å². The fraction of sp³-hybridized carbons (Fsp3) is 0.200. The van der Waals surface area contributed by atoms with Crippen LogP contribution < -0.4 is 4.74 Å². The van der Waals surface area contributed by atoms with E-state index in [1.807, 2.05) is 0 Å². The summed E-state index contributed by atoms with van der Waals surface area (Å²) >= 11 is 5.87. The van der Waals surface area contributed by atoms with Crippen LogP contribution >= 0.6 is 11.6 Å². The zero-order chi connectivity index (χ0) is 15.4. The van der Waals surface area contributed by atoms with Crippen molar-refractivity contribution in [3.8, 4) is 5.88 Å². The van der Waals surface area contributed by atoms with E-state index in [1.54, 1.807) is 19.2 Å². The van der Waals surface area contributed by atoms with Crippen LogP contribution in [-0.4, -0.2) is 29.9 Å². The number of hydrogen-bond acceptors (Lipinski definition) is 3. The van der Waals surface area contributed by atoms with E-state index in [1.165, 1.54) is 36.4 Å². The van der Waals surface area contributed by atoms with Crippen molar-refractivity contribution in [2.75, 3.05) is 14.2 Å². The van der Waals surface area contributed by atoms with Crippen molar-refractivity contribution in [2.24, 2.45) is 0 Å². The van der Waals surface area contributed by atoms with Gasteiger partial charge < -0.3 is 9.64 Å². The molecule has 6 heteroatoms. The Bertz CT molecular complexity index is 664. The minimum absolute atomic E-state index is 0.204. The largest absolute Gasteiger partial charge is 0.480 e. The highest BCUT2D eigenvalue weighted by Crippen LogP contribution is 2.21. The number of rotatable bonds is 4. The number of halogens is 2. The zero-order valence-corrected chi connectivity index (χ0v) is 12.4. The maximum Gasteiger partial charge on any atom is 0.259 e. The Morgan fingerprint density at radius 3 is 2.86 bits per heavy atom. The second-order valence-corrected chi connectivity index (χ2v) is 4.94. The molecule has 2 aromatic rings. The van der Waals surface area contributed by atoms with Gasteiger partial charge in [-0.2, -0.15) is 0 Å². The normalized spacial score (nSPS) is 10.3. The summed E-state index contributed by atoms with van der Waals surface area (Å²) in [7, 11) is 3.05. The van der Waals surface area contributed by atoms with Crippen LogP contribution in [0.25, 0.3) is 0 Å². The molecule has 0 unspecified atom stereocenters. The summed E-state index contributed by atoms with van der Waals surface area (Å²) in [5.41, 5.74) is 0.962. The highest BCUT2D eigenvalue weighted by molar-refractivity contribution is 6.30.